The molecule has 0 aliphatic carbocycles. The molecule has 0 amide bonds. The van der Waals surface area contributed by atoms with Gasteiger partial charge in [-0.3, -0.25) is 0 Å². The number of aromatic nitrogens is 1. The molecule has 0 aliphatic rings. The van der Waals surface area contributed by atoms with Gasteiger partial charge in [0.05, 0.1) is 12.1 Å². The third-order valence-electron chi connectivity index (χ3n) is 3.18. The first-order chi connectivity index (χ1) is 10.2. The summed E-state index contributed by atoms with van der Waals surface area (Å²) in [5.41, 5.74) is 7.55. The van der Waals surface area contributed by atoms with E-state index in [2.05, 4.69) is 17.2 Å². The summed E-state index contributed by atoms with van der Waals surface area (Å²) in [6.07, 6.45) is 2.25. The average molecular weight is 303 g/mol. The number of ether oxygens (including phenoxy) is 1. The molecule has 1 heterocycles. The highest BCUT2D eigenvalue weighted by molar-refractivity contribution is 7.80. The highest BCUT2D eigenvalue weighted by atomic mass is 32.1. The lowest BCUT2D eigenvalue weighted by molar-refractivity contribution is 0.141. The third kappa shape index (κ3) is 4.37. The monoisotopic (exact) mass is 303 g/mol. The lowest BCUT2D eigenvalue weighted by Gasteiger charge is -2.10. The number of para-hydroxylation sites is 1. The number of pyridine rings is 1. The van der Waals surface area contributed by atoms with E-state index in [1.165, 1.54) is 0 Å². The molecule has 112 valence electrons. The maximum Gasteiger partial charge on any atom is 0.127 e. The van der Waals surface area contributed by atoms with Crippen LogP contribution < -0.4 is 11.1 Å². The first-order valence-corrected chi connectivity index (χ1v) is 7.64. The summed E-state index contributed by atoms with van der Waals surface area (Å²) in [5.74, 6) is 0.774. The molecule has 0 atom stereocenters. The summed E-state index contributed by atoms with van der Waals surface area (Å²) in [7, 11) is 0. The fraction of sp³-hybridized carbons (Fsp3) is 0.375. The van der Waals surface area contributed by atoms with Gasteiger partial charge in [-0.2, -0.15) is 0 Å². The average Bonchev–Trinajstić information content (AvgIpc) is 2.49. The van der Waals surface area contributed by atoms with Gasteiger partial charge in [-0.15, -0.1) is 0 Å². The summed E-state index contributed by atoms with van der Waals surface area (Å²) < 4.78 is 5.52. The van der Waals surface area contributed by atoms with E-state index in [4.69, 9.17) is 22.7 Å². The molecule has 1 aromatic heterocycles. The van der Waals surface area contributed by atoms with Gasteiger partial charge in [0.15, 0.2) is 0 Å². The van der Waals surface area contributed by atoms with E-state index in [1.807, 2.05) is 30.3 Å². The Kier molecular flexibility index (Phi) is 5.90. The first-order valence-electron chi connectivity index (χ1n) is 7.23. The van der Waals surface area contributed by atoms with Crippen LogP contribution in [-0.4, -0.2) is 29.7 Å². The summed E-state index contributed by atoms with van der Waals surface area (Å²) in [4.78, 5) is 4.96. The minimum atomic E-state index is 0.385. The first kappa shape index (κ1) is 15.7. The van der Waals surface area contributed by atoms with E-state index in [0.717, 1.165) is 41.7 Å². The predicted octanol–water partition coefficient (Wildman–Crippen LogP) is 3.10. The van der Waals surface area contributed by atoms with Gasteiger partial charge in [-0.25, -0.2) is 4.98 Å². The second-order valence-corrected chi connectivity index (χ2v) is 5.27. The van der Waals surface area contributed by atoms with Gasteiger partial charge in [0.25, 0.3) is 0 Å². The Labute approximate surface area is 130 Å². The Morgan fingerprint density at radius 3 is 2.90 bits per heavy atom. The summed E-state index contributed by atoms with van der Waals surface area (Å²) in [5, 5.41) is 4.24. The zero-order valence-electron chi connectivity index (χ0n) is 12.3. The molecule has 0 saturated carbocycles. The van der Waals surface area contributed by atoms with Crippen LogP contribution in [0.3, 0.4) is 0 Å². The minimum Gasteiger partial charge on any atom is -0.389 e. The SMILES string of the molecule is CCCCOCCNc1cc(C(N)=S)c2ccccc2n1. The summed E-state index contributed by atoms with van der Waals surface area (Å²) in [6, 6.07) is 9.75. The molecule has 2 aromatic rings. The van der Waals surface area contributed by atoms with Crippen LogP contribution in [0.5, 0.6) is 0 Å². The quantitative estimate of drug-likeness (QED) is 0.579. The second-order valence-electron chi connectivity index (χ2n) is 4.83. The standard InChI is InChI=1S/C16H21N3OS/c1-2-3-9-20-10-8-18-15-11-13(16(17)21)12-6-4-5-7-14(12)19-15/h4-7,11H,2-3,8-10H2,1H3,(H2,17,21)(H,18,19). The van der Waals surface area contributed by atoms with E-state index in [9.17, 15) is 0 Å². The maximum atomic E-state index is 5.81. The molecule has 0 spiro atoms. The van der Waals surface area contributed by atoms with Gasteiger partial charge < -0.3 is 15.8 Å². The van der Waals surface area contributed by atoms with E-state index >= 15 is 0 Å². The van der Waals surface area contributed by atoms with Crippen LogP contribution in [-0.2, 0) is 4.74 Å². The molecule has 0 aliphatic heterocycles. The zero-order chi connectivity index (χ0) is 15.1. The van der Waals surface area contributed by atoms with Crippen LogP contribution in [0.25, 0.3) is 10.9 Å². The molecule has 4 nitrogen and oxygen atoms in total. The Hall–Kier alpha value is -1.72. The van der Waals surface area contributed by atoms with Gasteiger partial charge >= 0.3 is 0 Å². The van der Waals surface area contributed by atoms with Crippen molar-refractivity contribution in [3.05, 3.63) is 35.9 Å². The summed E-state index contributed by atoms with van der Waals surface area (Å²) in [6.45, 7) is 4.34. The largest absolute Gasteiger partial charge is 0.389 e. The molecular weight excluding hydrogens is 282 g/mol. The number of anilines is 1. The van der Waals surface area contributed by atoms with Crippen molar-refractivity contribution in [2.24, 2.45) is 5.73 Å². The van der Waals surface area contributed by atoms with Gasteiger partial charge in [-0.1, -0.05) is 43.8 Å². The van der Waals surface area contributed by atoms with Crippen molar-refractivity contribution in [3.8, 4) is 0 Å². The van der Waals surface area contributed by atoms with Crippen LogP contribution in [0.1, 0.15) is 25.3 Å². The number of nitrogens with zero attached hydrogens (tertiary/aromatic N) is 1. The molecule has 0 fully saturated rings. The number of unbranched alkanes of at least 4 members (excludes halogenated alkanes) is 1. The molecular formula is C16H21N3OS. The van der Waals surface area contributed by atoms with Crippen LogP contribution in [0.4, 0.5) is 5.82 Å². The molecule has 0 unspecified atom stereocenters. The van der Waals surface area contributed by atoms with Crippen LogP contribution in [0.2, 0.25) is 0 Å². The van der Waals surface area contributed by atoms with Gasteiger partial charge in [0, 0.05) is 24.1 Å². The fourth-order valence-corrected chi connectivity index (χ4v) is 2.24. The number of thiocarbonyl (C=S) groups is 1. The molecule has 0 radical (unpaired) electrons. The van der Waals surface area contributed by atoms with Crippen molar-refractivity contribution in [2.75, 3.05) is 25.1 Å². The Balaban J connectivity index is 2.05. The predicted molar refractivity (Wildman–Crippen MR) is 91.8 cm³/mol. The molecule has 1 aromatic carbocycles. The van der Waals surface area contributed by atoms with Crippen molar-refractivity contribution < 1.29 is 4.74 Å². The maximum absolute atomic E-state index is 5.81. The minimum absolute atomic E-state index is 0.385. The second kappa shape index (κ2) is 7.90. The Morgan fingerprint density at radius 2 is 2.14 bits per heavy atom. The summed E-state index contributed by atoms with van der Waals surface area (Å²) >= 11 is 5.13. The highest BCUT2D eigenvalue weighted by Crippen LogP contribution is 2.20. The van der Waals surface area contributed by atoms with Crippen molar-refractivity contribution in [2.45, 2.75) is 19.8 Å². The third-order valence-corrected chi connectivity index (χ3v) is 3.40. The number of fused-ring (bicyclic) bond motifs is 1. The fourth-order valence-electron chi connectivity index (χ4n) is 2.07. The molecule has 3 N–H and O–H groups in total. The van der Waals surface area contributed by atoms with E-state index < -0.39 is 0 Å². The smallest absolute Gasteiger partial charge is 0.127 e. The van der Waals surface area contributed by atoms with Gasteiger partial charge in [0.2, 0.25) is 0 Å². The number of nitrogens with one attached hydrogen (secondary N) is 1. The van der Waals surface area contributed by atoms with Crippen molar-refractivity contribution in [3.63, 3.8) is 0 Å². The van der Waals surface area contributed by atoms with E-state index in [1.54, 1.807) is 0 Å². The number of hydrogen-bond acceptors (Lipinski definition) is 4. The zero-order valence-corrected chi connectivity index (χ0v) is 13.1. The van der Waals surface area contributed by atoms with Gasteiger partial charge in [-0.05, 0) is 18.6 Å². The van der Waals surface area contributed by atoms with Crippen LogP contribution in [0.15, 0.2) is 30.3 Å². The number of hydrogen-bond donors (Lipinski definition) is 2. The number of benzene rings is 1. The van der Waals surface area contributed by atoms with E-state index in [-0.39, 0.29) is 0 Å². The highest BCUT2D eigenvalue weighted by Gasteiger charge is 2.07. The Bertz CT molecular complexity index is 615. The number of nitrogens with two attached hydrogens (primary N) is 1. The lowest BCUT2D eigenvalue weighted by Crippen LogP contribution is -2.14. The molecule has 0 bridgehead atoms. The molecule has 21 heavy (non-hydrogen) atoms. The van der Waals surface area contributed by atoms with Crippen LogP contribution in [0, 0.1) is 0 Å². The van der Waals surface area contributed by atoms with Gasteiger partial charge in [0.1, 0.15) is 10.8 Å². The molecule has 0 saturated heterocycles. The topological polar surface area (TPSA) is 60.2 Å². The van der Waals surface area contributed by atoms with Crippen molar-refractivity contribution >= 4 is 33.9 Å². The molecule has 5 heteroatoms. The lowest BCUT2D eigenvalue weighted by atomic mass is 10.1. The van der Waals surface area contributed by atoms with Crippen molar-refractivity contribution in [1.29, 1.82) is 0 Å². The van der Waals surface area contributed by atoms with Crippen molar-refractivity contribution in [1.82, 2.24) is 4.98 Å². The number of rotatable bonds is 8. The normalized spacial score (nSPS) is 10.7. The Morgan fingerprint density at radius 1 is 1.33 bits per heavy atom. The van der Waals surface area contributed by atoms with Crippen LogP contribution >= 0.6 is 12.2 Å². The molecule has 2 rings (SSSR count). The van der Waals surface area contributed by atoms with E-state index in [0.29, 0.717) is 18.1 Å².